The summed E-state index contributed by atoms with van der Waals surface area (Å²) in [7, 11) is 1.67. The first-order chi connectivity index (χ1) is 18.5. The Morgan fingerprint density at radius 2 is 1.74 bits per heavy atom. The molecule has 1 N–H and O–H groups in total. The van der Waals surface area contributed by atoms with Crippen LogP contribution in [0.2, 0.25) is 0 Å². The molecular weight excluding hydrogens is 480 g/mol. The van der Waals surface area contributed by atoms with E-state index in [0.717, 1.165) is 62.3 Å². The molecule has 0 bridgehead atoms. The Balaban J connectivity index is 1.13. The molecule has 38 heavy (non-hydrogen) atoms. The second-order valence-corrected chi connectivity index (χ2v) is 10.9. The van der Waals surface area contributed by atoms with Gasteiger partial charge in [-0.3, -0.25) is 4.79 Å². The van der Waals surface area contributed by atoms with Crippen LogP contribution in [-0.2, 0) is 16.1 Å². The molecule has 3 amide bonds. The van der Waals surface area contributed by atoms with Crippen molar-refractivity contribution in [2.45, 2.75) is 38.3 Å². The minimum absolute atomic E-state index is 0.0128. The van der Waals surface area contributed by atoms with Gasteiger partial charge in [-0.1, -0.05) is 42.5 Å². The minimum Gasteiger partial charge on any atom is -0.497 e. The third kappa shape index (κ3) is 6.48. The topological polar surface area (TPSA) is 74.3 Å². The average Bonchev–Trinajstić information content (AvgIpc) is 3.26. The first-order valence-electron chi connectivity index (χ1n) is 13.8. The highest BCUT2D eigenvalue weighted by Gasteiger charge is 2.44. The van der Waals surface area contributed by atoms with Crippen molar-refractivity contribution < 1.29 is 19.1 Å². The molecule has 3 aliphatic rings. The number of carbonyl (C=O) groups excluding carboxylic acids is 2. The Labute approximate surface area is 225 Å². The number of nitrogens with one attached hydrogen (secondary N) is 1. The molecule has 0 aliphatic carbocycles. The van der Waals surface area contributed by atoms with Gasteiger partial charge in [0.25, 0.3) is 0 Å². The van der Waals surface area contributed by atoms with Gasteiger partial charge in [0.15, 0.2) is 0 Å². The molecule has 1 atom stereocenters. The molecular formula is C30H40N4O4. The molecule has 0 aromatic heterocycles. The number of carbonyl (C=O) groups is 2. The number of methoxy groups -OCH3 is 1. The molecule has 0 unspecified atom stereocenters. The molecule has 0 radical (unpaired) electrons. The van der Waals surface area contributed by atoms with E-state index in [2.05, 4.69) is 22.3 Å². The van der Waals surface area contributed by atoms with Crippen LogP contribution in [0.5, 0.6) is 5.75 Å². The van der Waals surface area contributed by atoms with E-state index in [1.54, 1.807) is 7.11 Å². The predicted octanol–water partition coefficient (Wildman–Crippen LogP) is 3.68. The summed E-state index contributed by atoms with van der Waals surface area (Å²) in [5.74, 6) is 1.10. The Kier molecular flexibility index (Phi) is 8.49. The fraction of sp³-hybridized carbons (Fsp3) is 0.533. The summed E-state index contributed by atoms with van der Waals surface area (Å²) in [4.78, 5) is 32.2. The maximum absolute atomic E-state index is 12.9. The number of likely N-dealkylation sites (tertiary alicyclic amines) is 2. The van der Waals surface area contributed by atoms with Crippen molar-refractivity contribution in [1.82, 2.24) is 20.0 Å². The Bertz CT molecular complexity index is 1060. The van der Waals surface area contributed by atoms with E-state index >= 15 is 0 Å². The Hall–Kier alpha value is -3.10. The lowest BCUT2D eigenvalue weighted by molar-refractivity contribution is -0.128. The number of morpholine rings is 1. The highest BCUT2D eigenvalue weighted by molar-refractivity contribution is 5.79. The van der Waals surface area contributed by atoms with Crippen molar-refractivity contribution in [1.29, 1.82) is 0 Å². The average molecular weight is 521 g/mol. The van der Waals surface area contributed by atoms with Gasteiger partial charge in [-0.25, -0.2) is 4.79 Å². The smallest absolute Gasteiger partial charge is 0.318 e. The van der Waals surface area contributed by atoms with Gasteiger partial charge in [0.05, 0.1) is 26.4 Å². The largest absolute Gasteiger partial charge is 0.497 e. The second kappa shape index (κ2) is 12.2. The molecule has 1 spiro atoms. The molecule has 2 aromatic carbocycles. The van der Waals surface area contributed by atoms with E-state index in [1.807, 2.05) is 52.3 Å². The van der Waals surface area contributed by atoms with Crippen LogP contribution in [0.1, 0.15) is 42.9 Å². The quantitative estimate of drug-likeness (QED) is 0.575. The van der Waals surface area contributed by atoms with Gasteiger partial charge in [0, 0.05) is 39.1 Å². The summed E-state index contributed by atoms with van der Waals surface area (Å²) in [6.45, 7) is 6.86. The number of piperidine rings is 1. The first kappa shape index (κ1) is 26.5. The predicted molar refractivity (Wildman–Crippen MR) is 146 cm³/mol. The number of benzene rings is 2. The lowest BCUT2D eigenvalue weighted by Gasteiger charge is -2.39. The lowest BCUT2D eigenvalue weighted by atomic mass is 9.77. The number of nitrogens with zero attached hydrogens (tertiary/aromatic N) is 3. The van der Waals surface area contributed by atoms with Gasteiger partial charge in [-0.15, -0.1) is 0 Å². The zero-order chi connectivity index (χ0) is 26.4. The van der Waals surface area contributed by atoms with Gasteiger partial charge < -0.3 is 29.5 Å². The van der Waals surface area contributed by atoms with E-state index in [1.165, 1.54) is 0 Å². The summed E-state index contributed by atoms with van der Waals surface area (Å²) in [5.41, 5.74) is 2.36. The normalized spacial score (nSPS) is 20.5. The van der Waals surface area contributed by atoms with Crippen molar-refractivity contribution >= 4 is 11.9 Å². The summed E-state index contributed by atoms with van der Waals surface area (Å²) >= 11 is 0. The van der Waals surface area contributed by atoms with Gasteiger partial charge in [-0.05, 0) is 61.0 Å². The molecule has 8 nitrogen and oxygen atoms in total. The number of ether oxygens (including phenoxy) is 2. The summed E-state index contributed by atoms with van der Waals surface area (Å²) in [6.07, 6.45) is 3.58. The van der Waals surface area contributed by atoms with Gasteiger partial charge in [-0.2, -0.15) is 0 Å². The van der Waals surface area contributed by atoms with Crippen LogP contribution < -0.4 is 10.1 Å². The summed E-state index contributed by atoms with van der Waals surface area (Å²) in [5, 5.41) is 3.28. The number of rotatable bonds is 8. The van der Waals surface area contributed by atoms with E-state index in [0.29, 0.717) is 39.3 Å². The third-order valence-corrected chi connectivity index (χ3v) is 8.39. The van der Waals surface area contributed by atoms with E-state index < -0.39 is 0 Å². The van der Waals surface area contributed by atoms with Gasteiger partial charge in [0.2, 0.25) is 5.91 Å². The molecule has 2 aromatic rings. The maximum atomic E-state index is 12.9. The van der Waals surface area contributed by atoms with Crippen LogP contribution in [0.25, 0.3) is 0 Å². The van der Waals surface area contributed by atoms with Crippen LogP contribution in [0.15, 0.2) is 54.6 Å². The van der Waals surface area contributed by atoms with Crippen molar-refractivity contribution in [3.63, 3.8) is 0 Å². The number of hydrogen-bond donors (Lipinski definition) is 1. The van der Waals surface area contributed by atoms with Gasteiger partial charge in [0.1, 0.15) is 5.75 Å². The number of hydrogen-bond acceptors (Lipinski definition) is 5. The van der Waals surface area contributed by atoms with E-state index in [4.69, 9.17) is 9.47 Å². The molecule has 3 aliphatic heterocycles. The molecule has 3 heterocycles. The fourth-order valence-corrected chi connectivity index (χ4v) is 5.99. The van der Waals surface area contributed by atoms with Crippen LogP contribution in [0.4, 0.5) is 4.79 Å². The highest BCUT2D eigenvalue weighted by Crippen LogP contribution is 2.41. The van der Waals surface area contributed by atoms with Crippen LogP contribution >= 0.6 is 0 Å². The summed E-state index contributed by atoms with van der Waals surface area (Å²) < 4.78 is 10.7. The fourth-order valence-electron chi connectivity index (χ4n) is 5.99. The Morgan fingerprint density at radius 3 is 2.42 bits per heavy atom. The van der Waals surface area contributed by atoms with E-state index in [9.17, 15) is 9.59 Å². The monoisotopic (exact) mass is 520 g/mol. The molecule has 204 valence electrons. The number of urea groups is 1. The van der Waals surface area contributed by atoms with Gasteiger partial charge >= 0.3 is 6.03 Å². The van der Waals surface area contributed by atoms with Crippen molar-refractivity contribution in [2.75, 3.05) is 59.6 Å². The molecule has 0 saturated carbocycles. The maximum Gasteiger partial charge on any atom is 0.318 e. The summed E-state index contributed by atoms with van der Waals surface area (Å²) in [6, 6.07) is 18.2. The van der Waals surface area contributed by atoms with E-state index in [-0.39, 0.29) is 23.4 Å². The minimum atomic E-state index is -0.0320. The van der Waals surface area contributed by atoms with Crippen molar-refractivity contribution in [2.24, 2.45) is 5.41 Å². The zero-order valence-corrected chi connectivity index (χ0v) is 22.4. The standard InChI is InChI=1S/C30H40N4O4/c1-37-26-9-7-24(8-10-26)22-34-23-30(21-28(34)35)12-15-32(16-13-30)14-11-27(25-5-3-2-4-6-25)31-29(36)33-17-19-38-20-18-33/h2-10,27H,11-23H2,1H3,(H,31,36)/t27-/m0/s1. The molecule has 3 saturated heterocycles. The lowest BCUT2D eigenvalue weighted by Crippen LogP contribution is -2.48. The molecule has 5 rings (SSSR count). The third-order valence-electron chi connectivity index (χ3n) is 8.39. The first-order valence-corrected chi connectivity index (χ1v) is 13.8. The molecule has 3 fully saturated rings. The second-order valence-electron chi connectivity index (χ2n) is 10.9. The highest BCUT2D eigenvalue weighted by atomic mass is 16.5. The van der Waals surface area contributed by atoms with Crippen LogP contribution in [0.3, 0.4) is 0 Å². The van der Waals surface area contributed by atoms with Crippen LogP contribution in [-0.4, -0.2) is 86.2 Å². The SMILES string of the molecule is COc1ccc(CN2CC3(CCN(CC[C@H](NC(=O)N4CCOCC4)c4ccccc4)CC3)CC2=O)cc1. The van der Waals surface area contributed by atoms with Crippen molar-refractivity contribution in [3.8, 4) is 5.75 Å². The zero-order valence-electron chi connectivity index (χ0n) is 22.4. The Morgan fingerprint density at radius 1 is 1.03 bits per heavy atom. The molecule has 8 heteroatoms. The number of amides is 3. The van der Waals surface area contributed by atoms with Crippen LogP contribution in [0, 0.1) is 5.41 Å². The van der Waals surface area contributed by atoms with Crippen molar-refractivity contribution in [3.05, 3.63) is 65.7 Å².